The minimum atomic E-state index is -3.69. The number of carbonyl (C=O) groups is 1. The minimum Gasteiger partial charge on any atom is -0.497 e. The van der Waals surface area contributed by atoms with Crippen molar-refractivity contribution >= 4 is 44.4 Å². The standard InChI is InChI=1S/C22H26N4O5S2/c1-30-16-10-11-19(31-2)18(12-16)24-22(27)15-8-6-14(7-9-15)13-23-33(28,29)20-5-3-4-17-21(20)26-32-25-17/h3-5,10-12,14-15,23H,6-9,13H2,1-2H3,(H,24,27). The van der Waals surface area contributed by atoms with Crippen LogP contribution < -0.4 is 19.5 Å². The molecule has 11 heteroatoms. The Morgan fingerprint density at radius 1 is 1.09 bits per heavy atom. The highest BCUT2D eigenvalue weighted by Gasteiger charge is 2.28. The Kier molecular flexibility index (Phi) is 7.11. The molecule has 0 aliphatic heterocycles. The predicted octanol–water partition coefficient (Wildman–Crippen LogP) is 3.43. The van der Waals surface area contributed by atoms with Gasteiger partial charge in [0.1, 0.15) is 27.4 Å². The molecule has 1 fully saturated rings. The maximum absolute atomic E-state index is 12.8. The lowest BCUT2D eigenvalue weighted by Gasteiger charge is -2.28. The summed E-state index contributed by atoms with van der Waals surface area (Å²) in [6.45, 7) is 0.328. The number of rotatable bonds is 8. The van der Waals surface area contributed by atoms with Crippen LogP contribution >= 0.6 is 11.7 Å². The summed E-state index contributed by atoms with van der Waals surface area (Å²) in [5.41, 5.74) is 1.54. The molecular weight excluding hydrogens is 464 g/mol. The van der Waals surface area contributed by atoms with Crippen molar-refractivity contribution in [3.63, 3.8) is 0 Å². The fourth-order valence-electron chi connectivity index (χ4n) is 4.08. The van der Waals surface area contributed by atoms with Crippen LogP contribution in [0.5, 0.6) is 11.5 Å². The molecule has 4 rings (SSSR count). The largest absolute Gasteiger partial charge is 0.497 e. The van der Waals surface area contributed by atoms with Crippen LogP contribution in [0.2, 0.25) is 0 Å². The van der Waals surface area contributed by atoms with Crippen molar-refractivity contribution in [3.05, 3.63) is 36.4 Å². The Balaban J connectivity index is 1.32. The van der Waals surface area contributed by atoms with E-state index in [-0.39, 0.29) is 22.6 Å². The van der Waals surface area contributed by atoms with E-state index in [1.165, 1.54) is 0 Å². The topological polar surface area (TPSA) is 120 Å². The van der Waals surface area contributed by atoms with Crippen molar-refractivity contribution in [2.24, 2.45) is 11.8 Å². The summed E-state index contributed by atoms with van der Waals surface area (Å²) in [7, 11) is -0.575. The van der Waals surface area contributed by atoms with Crippen LogP contribution in [0.4, 0.5) is 5.69 Å². The van der Waals surface area contributed by atoms with E-state index >= 15 is 0 Å². The zero-order valence-corrected chi connectivity index (χ0v) is 20.0. The molecule has 1 saturated carbocycles. The molecule has 0 unspecified atom stereocenters. The lowest BCUT2D eigenvalue weighted by molar-refractivity contribution is -0.121. The molecule has 3 aromatic rings. The SMILES string of the molecule is COc1ccc(OC)c(NC(=O)C2CCC(CNS(=O)(=O)c3cccc4nsnc34)CC2)c1. The smallest absolute Gasteiger partial charge is 0.242 e. The lowest BCUT2D eigenvalue weighted by atomic mass is 9.81. The molecule has 0 radical (unpaired) electrons. The van der Waals surface area contributed by atoms with Crippen LogP contribution in [-0.4, -0.2) is 43.8 Å². The number of amides is 1. The molecule has 0 bridgehead atoms. The quantitative estimate of drug-likeness (QED) is 0.496. The van der Waals surface area contributed by atoms with Crippen LogP contribution in [-0.2, 0) is 14.8 Å². The maximum atomic E-state index is 12.8. The second kappa shape index (κ2) is 10.0. The number of sulfonamides is 1. The van der Waals surface area contributed by atoms with E-state index in [0.29, 0.717) is 47.6 Å². The molecule has 2 N–H and O–H groups in total. The number of benzene rings is 2. The molecule has 176 valence electrons. The van der Waals surface area contributed by atoms with Crippen molar-refractivity contribution < 1.29 is 22.7 Å². The number of carbonyl (C=O) groups excluding carboxylic acids is 1. The third-order valence-corrected chi connectivity index (χ3v) is 7.98. The van der Waals surface area contributed by atoms with Gasteiger partial charge >= 0.3 is 0 Å². The van der Waals surface area contributed by atoms with Gasteiger partial charge in [0.2, 0.25) is 15.9 Å². The Labute approximate surface area is 196 Å². The highest BCUT2D eigenvalue weighted by molar-refractivity contribution is 7.89. The Hall–Kier alpha value is -2.76. The van der Waals surface area contributed by atoms with Crippen molar-refractivity contribution in [2.75, 3.05) is 26.1 Å². The number of fused-ring (bicyclic) bond motifs is 1. The third-order valence-electron chi connectivity index (χ3n) is 5.98. The highest BCUT2D eigenvalue weighted by Crippen LogP contribution is 2.33. The summed E-state index contributed by atoms with van der Waals surface area (Å²) in [6.07, 6.45) is 2.91. The van der Waals surface area contributed by atoms with Gasteiger partial charge in [0.05, 0.1) is 31.6 Å². The zero-order chi connectivity index (χ0) is 23.4. The normalized spacial score (nSPS) is 18.7. The second-order valence-corrected chi connectivity index (χ2v) is 10.3. The summed E-state index contributed by atoms with van der Waals surface area (Å²) >= 11 is 0.992. The van der Waals surface area contributed by atoms with Gasteiger partial charge in [0.15, 0.2) is 0 Å². The molecule has 2 aromatic carbocycles. The van der Waals surface area contributed by atoms with E-state index in [4.69, 9.17) is 9.47 Å². The number of methoxy groups -OCH3 is 2. The first-order valence-electron chi connectivity index (χ1n) is 10.6. The molecular formula is C22H26N4O5S2. The van der Waals surface area contributed by atoms with Gasteiger partial charge < -0.3 is 14.8 Å². The maximum Gasteiger partial charge on any atom is 0.242 e. The first kappa shape index (κ1) is 23.4. The fraction of sp³-hybridized carbons (Fsp3) is 0.409. The average molecular weight is 491 g/mol. The number of hydrogen-bond donors (Lipinski definition) is 2. The number of nitrogens with one attached hydrogen (secondary N) is 2. The number of anilines is 1. The van der Waals surface area contributed by atoms with E-state index in [0.717, 1.165) is 24.6 Å². The monoisotopic (exact) mass is 490 g/mol. The van der Waals surface area contributed by atoms with E-state index < -0.39 is 10.0 Å². The molecule has 0 spiro atoms. The zero-order valence-electron chi connectivity index (χ0n) is 18.4. The van der Waals surface area contributed by atoms with E-state index in [1.54, 1.807) is 50.6 Å². The predicted molar refractivity (Wildman–Crippen MR) is 126 cm³/mol. The molecule has 1 heterocycles. The van der Waals surface area contributed by atoms with Crippen LogP contribution in [0.1, 0.15) is 25.7 Å². The summed E-state index contributed by atoms with van der Waals surface area (Å²) in [5.74, 6) is 1.17. The highest BCUT2D eigenvalue weighted by atomic mass is 32.2. The van der Waals surface area contributed by atoms with E-state index in [1.807, 2.05) is 0 Å². The van der Waals surface area contributed by atoms with Crippen molar-refractivity contribution in [3.8, 4) is 11.5 Å². The first-order chi connectivity index (χ1) is 15.9. The lowest BCUT2D eigenvalue weighted by Crippen LogP contribution is -2.33. The van der Waals surface area contributed by atoms with E-state index in [2.05, 4.69) is 18.8 Å². The summed E-state index contributed by atoms with van der Waals surface area (Å²) in [5, 5.41) is 2.95. The van der Waals surface area contributed by atoms with Gasteiger partial charge in [0, 0.05) is 18.5 Å². The summed E-state index contributed by atoms with van der Waals surface area (Å²) < 4.78 is 47.1. The van der Waals surface area contributed by atoms with Crippen LogP contribution in [0.25, 0.3) is 11.0 Å². The average Bonchev–Trinajstić information content (AvgIpc) is 3.32. The summed E-state index contributed by atoms with van der Waals surface area (Å²) in [4.78, 5) is 13.0. The van der Waals surface area contributed by atoms with Crippen molar-refractivity contribution in [2.45, 2.75) is 30.6 Å². The number of ether oxygens (including phenoxy) is 2. The van der Waals surface area contributed by atoms with Gasteiger partial charge in [0.25, 0.3) is 0 Å². The van der Waals surface area contributed by atoms with Gasteiger partial charge in [-0.25, -0.2) is 13.1 Å². The van der Waals surface area contributed by atoms with Crippen molar-refractivity contribution in [1.82, 2.24) is 13.5 Å². The molecule has 1 amide bonds. The van der Waals surface area contributed by atoms with Gasteiger partial charge in [-0.15, -0.1) is 0 Å². The Bertz CT molecular complexity index is 1240. The van der Waals surface area contributed by atoms with Gasteiger partial charge in [-0.1, -0.05) is 6.07 Å². The number of aromatic nitrogens is 2. The minimum absolute atomic E-state index is 0.0664. The Morgan fingerprint density at radius 3 is 2.61 bits per heavy atom. The molecule has 9 nitrogen and oxygen atoms in total. The molecule has 1 aliphatic rings. The van der Waals surface area contributed by atoms with Crippen LogP contribution in [0.15, 0.2) is 41.3 Å². The van der Waals surface area contributed by atoms with Crippen molar-refractivity contribution in [1.29, 1.82) is 0 Å². The summed E-state index contributed by atoms with van der Waals surface area (Å²) in [6, 6.07) is 10.2. The Morgan fingerprint density at radius 2 is 1.88 bits per heavy atom. The molecule has 33 heavy (non-hydrogen) atoms. The van der Waals surface area contributed by atoms with Gasteiger partial charge in [-0.3, -0.25) is 4.79 Å². The number of nitrogens with zero attached hydrogens (tertiary/aromatic N) is 2. The molecule has 0 saturated heterocycles. The second-order valence-electron chi connectivity index (χ2n) is 8.01. The fourth-order valence-corrected chi connectivity index (χ4v) is 5.96. The van der Waals surface area contributed by atoms with Crippen LogP contribution in [0, 0.1) is 11.8 Å². The van der Waals surface area contributed by atoms with Gasteiger partial charge in [-0.05, 0) is 55.9 Å². The first-order valence-corrected chi connectivity index (χ1v) is 12.9. The molecule has 1 aromatic heterocycles. The molecule has 0 atom stereocenters. The van der Waals surface area contributed by atoms with Gasteiger partial charge in [-0.2, -0.15) is 8.75 Å². The number of hydrogen-bond acceptors (Lipinski definition) is 8. The third kappa shape index (κ3) is 5.26. The van der Waals surface area contributed by atoms with E-state index in [9.17, 15) is 13.2 Å². The van der Waals surface area contributed by atoms with Crippen LogP contribution in [0.3, 0.4) is 0 Å². The molecule has 1 aliphatic carbocycles.